The fourth-order valence-corrected chi connectivity index (χ4v) is 3.91. The molecule has 0 saturated heterocycles. The third-order valence-corrected chi connectivity index (χ3v) is 5.47. The summed E-state index contributed by atoms with van der Waals surface area (Å²) in [7, 11) is 1.57. The molecule has 0 aliphatic carbocycles. The number of carbonyl (C=O) groups excluding carboxylic acids is 2. The number of ether oxygens (including phenoxy) is 1. The van der Waals surface area contributed by atoms with Crippen LogP contribution in [0.5, 0.6) is 5.75 Å². The van der Waals surface area contributed by atoms with Crippen LogP contribution in [0.25, 0.3) is 0 Å². The molecule has 2 N–H and O–H groups in total. The Labute approximate surface area is 181 Å². The van der Waals surface area contributed by atoms with Crippen molar-refractivity contribution >= 4 is 17.5 Å². The first kappa shape index (κ1) is 20.5. The van der Waals surface area contributed by atoms with Gasteiger partial charge < -0.3 is 24.7 Å². The zero-order chi connectivity index (χ0) is 21.6. The first-order valence-corrected chi connectivity index (χ1v) is 10.2. The van der Waals surface area contributed by atoms with E-state index in [-0.39, 0.29) is 19.1 Å². The molecule has 2 amide bonds. The summed E-state index contributed by atoms with van der Waals surface area (Å²) in [6.45, 7) is 1.28. The second-order valence-electron chi connectivity index (χ2n) is 7.31. The van der Waals surface area contributed by atoms with Gasteiger partial charge in [0.1, 0.15) is 17.6 Å². The van der Waals surface area contributed by atoms with E-state index in [1.807, 2.05) is 48.5 Å². The van der Waals surface area contributed by atoms with Gasteiger partial charge in [0.15, 0.2) is 0 Å². The summed E-state index contributed by atoms with van der Waals surface area (Å²) in [6.07, 6.45) is 2.55. The van der Waals surface area contributed by atoms with Crippen molar-refractivity contribution in [2.24, 2.45) is 0 Å². The second kappa shape index (κ2) is 9.38. The minimum atomic E-state index is -0.689. The van der Waals surface area contributed by atoms with Crippen LogP contribution in [0, 0.1) is 0 Å². The van der Waals surface area contributed by atoms with Crippen LogP contribution >= 0.6 is 0 Å². The molecule has 0 bridgehead atoms. The fourth-order valence-electron chi connectivity index (χ4n) is 3.91. The molecular formula is C24H25N3O4. The Hall–Kier alpha value is -3.74. The van der Waals surface area contributed by atoms with Gasteiger partial charge in [0.25, 0.3) is 0 Å². The van der Waals surface area contributed by atoms with Crippen LogP contribution < -0.4 is 20.3 Å². The number of fused-ring (bicyclic) bond motifs is 1. The molecule has 1 atom stereocenters. The average molecular weight is 419 g/mol. The highest BCUT2D eigenvalue weighted by molar-refractivity contribution is 6.35. The first-order valence-electron chi connectivity index (χ1n) is 10.2. The van der Waals surface area contributed by atoms with Gasteiger partial charge in [0.05, 0.1) is 13.4 Å². The molecule has 1 aromatic heterocycles. The van der Waals surface area contributed by atoms with Gasteiger partial charge in [-0.25, -0.2) is 0 Å². The summed E-state index contributed by atoms with van der Waals surface area (Å²) in [6, 6.07) is 19.1. The molecular weight excluding hydrogens is 394 g/mol. The van der Waals surface area contributed by atoms with Gasteiger partial charge in [-0.2, -0.15) is 0 Å². The molecule has 4 rings (SSSR count). The van der Waals surface area contributed by atoms with Crippen molar-refractivity contribution in [1.29, 1.82) is 0 Å². The highest BCUT2D eigenvalue weighted by Gasteiger charge is 2.29. The van der Waals surface area contributed by atoms with Gasteiger partial charge in [-0.3, -0.25) is 9.59 Å². The lowest BCUT2D eigenvalue weighted by molar-refractivity contribution is -0.139. The number of nitrogens with zero attached hydrogens (tertiary/aromatic N) is 1. The molecule has 1 aliphatic rings. The Morgan fingerprint density at radius 3 is 2.61 bits per heavy atom. The van der Waals surface area contributed by atoms with E-state index in [1.165, 1.54) is 5.56 Å². The predicted molar refractivity (Wildman–Crippen MR) is 117 cm³/mol. The number of furan rings is 1. The number of amides is 2. The number of methoxy groups -OCH3 is 1. The van der Waals surface area contributed by atoms with Crippen LogP contribution in [0.1, 0.15) is 22.9 Å². The number of anilines is 1. The Morgan fingerprint density at radius 1 is 1.03 bits per heavy atom. The summed E-state index contributed by atoms with van der Waals surface area (Å²) in [5.41, 5.74) is 3.19. The van der Waals surface area contributed by atoms with E-state index in [0.717, 1.165) is 30.0 Å². The normalized spacial score (nSPS) is 13.4. The van der Waals surface area contributed by atoms with Crippen LogP contribution in [0.2, 0.25) is 0 Å². The topological polar surface area (TPSA) is 83.8 Å². The number of hydrogen-bond acceptors (Lipinski definition) is 5. The highest BCUT2D eigenvalue weighted by Crippen LogP contribution is 2.34. The first-order chi connectivity index (χ1) is 15.2. The van der Waals surface area contributed by atoms with Crippen molar-refractivity contribution in [1.82, 2.24) is 10.6 Å². The van der Waals surface area contributed by atoms with E-state index in [1.54, 1.807) is 13.4 Å². The van der Waals surface area contributed by atoms with E-state index in [9.17, 15) is 9.59 Å². The molecule has 0 radical (unpaired) electrons. The van der Waals surface area contributed by atoms with Crippen LogP contribution in [-0.4, -0.2) is 32.0 Å². The van der Waals surface area contributed by atoms with Crippen LogP contribution in [-0.2, 0) is 22.6 Å². The Morgan fingerprint density at radius 2 is 1.81 bits per heavy atom. The van der Waals surface area contributed by atoms with Crippen molar-refractivity contribution in [2.75, 3.05) is 25.1 Å². The standard InChI is InChI=1S/C24H25N3O4/c1-30-21-10-5-3-8-18(21)15-25-23(28)24(29)26-16-20(22-11-6-14-31-22)27-13-12-17-7-2-4-9-19(17)27/h2-11,14,20H,12-13,15-16H2,1H3,(H,25,28)(H,26,29). The minimum Gasteiger partial charge on any atom is -0.496 e. The third-order valence-electron chi connectivity index (χ3n) is 5.47. The fraction of sp³-hybridized carbons (Fsp3) is 0.250. The van der Waals surface area contributed by atoms with Gasteiger partial charge in [-0.15, -0.1) is 0 Å². The van der Waals surface area contributed by atoms with Gasteiger partial charge in [0, 0.05) is 30.9 Å². The van der Waals surface area contributed by atoms with Crippen LogP contribution in [0.3, 0.4) is 0 Å². The zero-order valence-corrected chi connectivity index (χ0v) is 17.3. The summed E-state index contributed by atoms with van der Waals surface area (Å²) in [4.78, 5) is 27.0. The summed E-state index contributed by atoms with van der Waals surface area (Å²) >= 11 is 0. The SMILES string of the molecule is COc1ccccc1CNC(=O)C(=O)NCC(c1ccco1)N1CCc2ccccc21. The summed E-state index contributed by atoms with van der Waals surface area (Å²) in [5.74, 6) is 0.0325. The smallest absolute Gasteiger partial charge is 0.309 e. The van der Waals surface area contributed by atoms with Gasteiger partial charge >= 0.3 is 11.8 Å². The summed E-state index contributed by atoms with van der Waals surface area (Å²) in [5, 5.41) is 5.41. The molecule has 1 unspecified atom stereocenters. The van der Waals surface area contributed by atoms with Crippen molar-refractivity contribution in [3.63, 3.8) is 0 Å². The molecule has 160 valence electrons. The van der Waals surface area contributed by atoms with Crippen molar-refractivity contribution in [3.05, 3.63) is 83.8 Å². The van der Waals surface area contributed by atoms with Gasteiger partial charge in [0.2, 0.25) is 0 Å². The average Bonchev–Trinajstić information content (AvgIpc) is 3.48. The molecule has 2 heterocycles. The number of hydrogen-bond donors (Lipinski definition) is 2. The molecule has 7 nitrogen and oxygen atoms in total. The Kier molecular flexibility index (Phi) is 6.21. The molecule has 7 heteroatoms. The van der Waals surface area contributed by atoms with E-state index in [4.69, 9.17) is 9.15 Å². The molecule has 2 aromatic carbocycles. The maximum atomic E-state index is 12.4. The Balaban J connectivity index is 1.39. The quantitative estimate of drug-likeness (QED) is 0.576. The van der Waals surface area contributed by atoms with Crippen LogP contribution in [0.4, 0.5) is 5.69 Å². The van der Waals surface area contributed by atoms with Crippen molar-refractivity contribution in [2.45, 2.75) is 19.0 Å². The molecule has 0 saturated carbocycles. The summed E-state index contributed by atoms with van der Waals surface area (Å²) < 4.78 is 10.9. The lowest BCUT2D eigenvalue weighted by Crippen LogP contribution is -2.43. The maximum Gasteiger partial charge on any atom is 0.309 e. The molecule has 1 aliphatic heterocycles. The number of benzene rings is 2. The molecule has 3 aromatic rings. The van der Waals surface area contributed by atoms with E-state index in [0.29, 0.717) is 5.75 Å². The minimum absolute atomic E-state index is 0.204. The lowest BCUT2D eigenvalue weighted by atomic mass is 10.1. The monoisotopic (exact) mass is 419 g/mol. The predicted octanol–water partition coefficient (Wildman–Crippen LogP) is 2.82. The third kappa shape index (κ3) is 4.55. The second-order valence-corrected chi connectivity index (χ2v) is 7.31. The number of nitrogens with one attached hydrogen (secondary N) is 2. The number of carbonyl (C=O) groups is 2. The van der Waals surface area contributed by atoms with Crippen LogP contribution in [0.15, 0.2) is 71.3 Å². The highest BCUT2D eigenvalue weighted by atomic mass is 16.5. The number of rotatable bonds is 7. The largest absolute Gasteiger partial charge is 0.496 e. The Bertz CT molecular complexity index is 1050. The zero-order valence-electron chi connectivity index (χ0n) is 17.3. The molecule has 0 spiro atoms. The van der Waals surface area contributed by atoms with E-state index >= 15 is 0 Å². The van der Waals surface area contributed by atoms with E-state index in [2.05, 4.69) is 27.7 Å². The van der Waals surface area contributed by atoms with Gasteiger partial charge in [-0.1, -0.05) is 36.4 Å². The van der Waals surface area contributed by atoms with Crippen molar-refractivity contribution < 1.29 is 18.7 Å². The maximum absolute atomic E-state index is 12.4. The van der Waals surface area contributed by atoms with E-state index < -0.39 is 11.8 Å². The van der Waals surface area contributed by atoms with Crippen molar-refractivity contribution in [3.8, 4) is 5.75 Å². The lowest BCUT2D eigenvalue weighted by Gasteiger charge is -2.29. The van der Waals surface area contributed by atoms with Gasteiger partial charge in [-0.05, 0) is 36.2 Å². The molecule has 0 fully saturated rings. The number of para-hydroxylation sites is 2. The molecule has 31 heavy (non-hydrogen) atoms.